The number of carbonyl (C=O) groups is 1. The van der Waals surface area contributed by atoms with E-state index < -0.39 is 0 Å². The molecule has 1 heterocycles. The zero-order valence-electron chi connectivity index (χ0n) is 14.6. The van der Waals surface area contributed by atoms with Crippen LogP contribution in [0.15, 0.2) is 24.3 Å². The third-order valence-corrected chi connectivity index (χ3v) is 4.59. The maximum Gasteiger partial charge on any atom is 0.223 e. The second-order valence-corrected chi connectivity index (χ2v) is 7.18. The standard InChI is InChI=1S/C19H28FNO2/c1-5-6-16(15-7-9-17(20)10-8-15)11-18(22)21-12-14(2)23-13-19(21,3)4/h7-10,14,16H,5-6,11-13H2,1-4H3. The second kappa shape index (κ2) is 7.43. The monoisotopic (exact) mass is 321 g/mol. The Kier molecular flexibility index (Phi) is 5.79. The van der Waals surface area contributed by atoms with Crippen molar-refractivity contribution in [1.29, 1.82) is 0 Å². The van der Waals surface area contributed by atoms with Crippen LogP contribution in [0.2, 0.25) is 0 Å². The Morgan fingerprint density at radius 2 is 2.04 bits per heavy atom. The third-order valence-electron chi connectivity index (χ3n) is 4.59. The Balaban J connectivity index is 2.12. The molecule has 0 radical (unpaired) electrons. The van der Waals surface area contributed by atoms with Gasteiger partial charge in [-0.2, -0.15) is 0 Å². The Labute approximate surface area is 138 Å². The summed E-state index contributed by atoms with van der Waals surface area (Å²) in [5.41, 5.74) is 0.768. The highest BCUT2D eigenvalue weighted by atomic mass is 19.1. The van der Waals surface area contributed by atoms with Gasteiger partial charge in [-0.1, -0.05) is 25.5 Å². The zero-order chi connectivity index (χ0) is 17.0. The molecular weight excluding hydrogens is 293 g/mol. The van der Waals surface area contributed by atoms with Gasteiger partial charge in [-0.25, -0.2) is 4.39 Å². The van der Waals surface area contributed by atoms with Crippen molar-refractivity contribution in [3.8, 4) is 0 Å². The van der Waals surface area contributed by atoms with Crippen LogP contribution in [-0.4, -0.2) is 35.6 Å². The topological polar surface area (TPSA) is 29.5 Å². The average Bonchev–Trinajstić information content (AvgIpc) is 2.50. The highest BCUT2D eigenvalue weighted by Crippen LogP contribution is 2.29. The number of halogens is 1. The number of ether oxygens (including phenoxy) is 1. The molecule has 0 saturated carbocycles. The molecule has 2 rings (SSSR count). The second-order valence-electron chi connectivity index (χ2n) is 7.18. The molecule has 0 N–H and O–H groups in total. The number of rotatable bonds is 5. The van der Waals surface area contributed by atoms with Crippen molar-refractivity contribution < 1.29 is 13.9 Å². The molecule has 4 heteroatoms. The van der Waals surface area contributed by atoms with Crippen LogP contribution in [0, 0.1) is 5.82 Å². The SMILES string of the molecule is CCCC(CC(=O)N1CC(C)OCC1(C)C)c1ccc(F)cc1. The van der Waals surface area contributed by atoms with Crippen molar-refractivity contribution in [3.63, 3.8) is 0 Å². The van der Waals surface area contributed by atoms with E-state index in [1.165, 1.54) is 12.1 Å². The minimum atomic E-state index is -0.275. The quantitative estimate of drug-likeness (QED) is 0.816. The van der Waals surface area contributed by atoms with Gasteiger partial charge in [0.05, 0.1) is 18.2 Å². The summed E-state index contributed by atoms with van der Waals surface area (Å²) in [5.74, 6) is 0.0634. The van der Waals surface area contributed by atoms with Gasteiger partial charge >= 0.3 is 0 Å². The van der Waals surface area contributed by atoms with Crippen molar-refractivity contribution in [1.82, 2.24) is 4.90 Å². The van der Waals surface area contributed by atoms with Gasteiger partial charge < -0.3 is 9.64 Å². The van der Waals surface area contributed by atoms with Gasteiger partial charge in [0.15, 0.2) is 0 Å². The summed E-state index contributed by atoms with van der Waals surface area (Å²) in [6, 6.07) is 6.55. The molecule has 0 aliphatic carbocycles. The van der Waals surface area contributed by atoms with Gasteiger partial charge in [-0.3, -0.25) is 4.79 Å². The van der Waals surface area contributed by atoms with E-state index in [2.05, 4.69) is 6.92 Å². The van der Waals surface area contributed by atoms with Crippen LogP contribution in [0.1, 0.15) is 58.4 Å². The lowest BCUT2D eigenvalue weighted by molar-refractivity contribution is -0.153. The van der Waals surface area contributed by atoms with E-state index in [0.717, 1.165) is 18.4 Å². The Hall–Kier alpha value is -1.42. The molecule has 1 amide bonds. The van der Waals surface area contributed by atoms with E-state index in [1.54, 1.807) is 12.1 Å². The lowest BCUT2D eigenvalue weighted by Crippen LogP contribution is -2.58. The molecular formula is C19H28FNO2. The zero-order valence-corrected chi connectivity index (χ0v) is 14.6. The van der Waals surface area contributed by atoms with Crippen LogP contribution in [0.4, 0.5) is 4.39 Å². The summed E-state index contributed by atoms with van der Waals surface area (Å²) < 4.78 is 18.8. The van der Waals surface area contributed by atoms with Crippen LogP contribution in [0.3, 0.4) is 0 Å². The molecule has 1 fully saturated rings. The van der Waals surface area contributed by atoms with E-state index in [-0.39, 0.29) is 29.3 Å². The molecule has 1 aliphatic heterocycles. The summed E-state index contributed by atoms with van der Waals surface area (Å²) in [4.78, 5) is 14.8. The van der Waals surface area contributed by atoms with Gasteiger partial charge in [0.1, 0.15) is 5.82 Å². The summed E-state index contributed by atoms with van der Waals surface area (Å²) in [6.07, 6.45) is 2.47. The number of benzene rings is 1. The van der Waals surface area contributed by atoms with Gasteiger partial charge in [-0.05, 0) is 50.8 Å². The van der Waals surface area contributed by atoms with E-state index in [1.807, 2.05) is 25.7 Å². The van der Waals surface area contributed by atoms with Crippen molar-refractivity contribution in [2.45, 2.75) is 64.5 Å². The molecule has 2 atom stereocenters. The van der Waals surface area contributed by atoms with Crippen LogP contribution >= 0.6 is 0 Å². The molecule has 128 valence electrons. The van der Waals surface area contributed by atoms with Crippen molar-refractivity contribution in [2.75, 3.05) is 13.2 Å². The van der Waals surface area contributed by atoms with Crippen LogP contribution < -0.4 is 0 Å². The minimum Gasteiger partial charge on any atom is -0.374 e. The number of hydrogen-bond acceptors (Lipinski definition) is 2. The summed E-state index contributed by atoms with van der Waals surface area (Å²) in [5, 5.41) is 0. The molecule has 1 saturated heterocycles. The smallest absolute Gasteiger partial charge is 0.223 e. The predicted octanol–water partition coefficient (Wildman–Crippen LogP) is 4.13. The van der Waals surface area contributed by atoms with Crippen molar-refractivity contribution >= 4 is 5.91 Å². The van der Waals surface area contributed by atoms with Crippen LogP contribution in [0.25, 0.3) is 0 Å². The molecule has 3 nitrogen and oxygen atoms in total. The molecule has 2 unspecified atom stereocenters. The molecule has 0 bridgehead atoms. The molecule has 0 aromatic heterocycles. The lowest BCUT2D eigenvalue weighted by Gasteiger charge is -2.45. The summed E-state index contributed by atoms with van der Waals surface area (Å²) in [7, 11) is 0. The molecule has 23 heavy (non-hydrogen) atoms. The first kappa shape index (κ1) is 17.9. The van der Waals surface area contributed by atoms with Gasteiger partial charge in [0.2, 0.25) is 5.91 Å². The van der Waals surface area contributed by atoms with Crippen LogP contribution in [0.5, 0.6) is 0 Å². The predicted molar refractivity (Wildman–Crippen MR) is 89.9 cm³/mol. The van der Waals surface area contributed by atoms with Crippen molar-refractivity contribution in [3.05, 3.63) is 35.6 Å². The normalized spacial score (nSPS) is 22.0. The fourth-order valence-corrected chi connectivity index (χ4v) is 3.21. The van der Waals surface area contributed by atoms with Gasteiger partial charge in [0, 0.05) is 13.0 Å². The first-order valence-corrected chi connectivity index (χ1v) is 8.51. The number of hydrogen-bond donors (Lipinski definition) is 0. The Morgan fingerprint density at radius 3 is 2.65 bits per heavy atom. The molecule has 1 aromatic rings. The van der Waals surface area contributed by atoms with E-state index in [0.29, 0.717) is 19.6 Å². The van der Waals surface area contributed by atoms with E-state index >= 15 is 0 Å². The van der Waals surface area contributed by atoms with E-state index in [4.69, 9.17) is 4.74 Å². The number of carbonyl (C=O) groups excluding carboxylic acids is 1. The third kappa shape index (κ3) is 4.54. The summed E-state index contributed by atoms with van der Waals surface area (Å²) in [6.45, 7) is 9.40. The number of nitrogens with zero attached hydrogens (tertiary/aromatic N) is 1. The maximum absolute atomic E-state index is 13.1. The van der Waals surface area contributed by atoms with Gasteiger partial charge in [-0.15, -0.1) is 0 Å². The molecule has 1 aliphatic rings. The largest absolute Gasteiger partial charge is 0.374 e. The highest BCUT2D eigenvalue weighted by Gasteiger charge is 2.37. The maximum atomic E-state index is 13.1. The lowest BCUT2D eigenvalue weighted by atomic mass is 9.89. The van der Waals surface area contributed by atoms with Crippen LogP contribution in [-0.2, 0) is 9.53 Å². The van der Waals surface area contributed by atoms with Crippen molar-refractivity contribution in [2.24, 2.45) is 0 Å². The minimum absolute atomic E-state index is 0.0717. The highest BCUT2D eigenvalue weighted by molar-refractivity contribution is 5.78. The Bertz CT molecular complexity index is 527. The first-order valence-electron chi connectivity index (χ1n) is 8.51. The molecule has 0 spiro atoms. The number of amides is 1. The first-order chi connectivity index (χ1) is 10.8. The fraction of sp³-hybridized carbons (Fsp3) is 0.632. The van der Waals surface area contributed by atoms with Gasteiger partial charge in [0.25, 0.3) is 0 Å². The summed E-state index contributed by atoms with van der Waals surface area (Å²) >= 11 is 0. The average molecular weight is 321 g/mol. The number of morpholine rings is 1. The van der Waals surface area contributed by atoms with E-state index in [9.17, 15) is 9.18 Å². The fourth-order valence-electron chi connectivity index (χ4n) is 3.21. The Morgan fingerprint density at radius 1 is 1.39 bits per heavy atom. The molecule has 1 aromatic carbocycles.